The van der Waals surface area contributed by atoms with Crippen molar-refractivity contribution in [1.82, 2.24) is 14.5 Å². The molecule has 1 saturated heterocycles. The molecule has 0 amide bonds. The molecule has 1 fully saturated rings. The quantitative estimate of drug-likeness (QED) is 0.494. The van der Waals surface area contributed by atoms with E-state index in [2.05, 4.69) is 34.0 Å². The molecular weight excluding hydrogens is 462 g/mol. The number of nitrogens with one attached hydrogen (secondary N) is 1. The van der Waals surface area contributed by atoms with E-state index in [1.54, 1.807) is 19.3 Å². The lowest BCUT2D eigenvalue weighted by Crippen LogP contribution is -2.39. The van der Waals surface area contributed by atoms with Gasteiger partial charge in [0, 0.05) is 31.2 Å². The number of carbonyl (C=O) groups is 1. The van der Waals surface area contributed by atoms with Gasteiger partial charge in [0.1, 0.15) is 5.02 Å². The first-order valence-electron chi connectivity index (χ1n) is 10.7. The standard InChI is InChI=1S/C23H26ClN5O3S/c1-13-6-14(2)11-29(10-13)23-25-9-17(24)21(27-23)26-16-4-5-18-15(7-16)8-19(22(32)28(18)3)33-12-20(30)31/h4-5,7-9,13-14H,6,10-12H2,1-3H3,(H,30,31)(H,25,26,27). The molecule has 0 aliphatic carbocycles. The topological polar surface area (TPSA) is 100 Å². The van der Waals surface area contributed by atoms with Crippen molar-refractivity contribution >= 4 is 57.7 Å². The van der Waals surface area contributed by atoms with E-state index in [1.165, 1.54) is 11.0 Å². The third-order valence-electron chi connectivity index (χ3n) is 5.69. The fraction of sp³-hybridized carbons (Fsp3) is 0.391. The van der Waals surface area contributed by atoms with Crippen molar-refractivity contribution < 1.29 is 9.90 Å². The number of hydrogen-bond donors (Lipinski definition) is 2. The number of benzene rings is 1. The lowest BCUT2D eigenvalue weighted by Gasteiger charge is -2.35. The molecule has 0 radical (unpaired) electrons. The highest BCUT2D eigenvalue weighted by atomic mass is 35.5. The normalized spacial score (nSPS) is 18.5. The summed E-state index contributed by atoms with van der Waals surface area (Å²) in [6, 6.07) is 7.31. The van der Waals surface area contributed by atoms with Gasteiger partial charge in [-0.1, -0.05) is 25.4 Å². The van der Waals surface area contributed by atoms with Crippen LogP contribution in [-0.2, 0) is 11.8 Å². The van der Waals surface area contributed by atoms with Crippen molar-refractivity contribution in [3.63, 3.8) is 0 Å². The second-order valence-corrected chi connectivity index (χ2v) is 10.1. The number of aliphatic carboxylic acids is 1. The summed E-state index contributed by atoms with van der Waals surface area (Å²) in [7, 11) is 1.68. The molecule has 0 spiro atoms. The molecule has 1 aliphatic heterocycles. The van der Waals surface area contributed by atoms with Crippen LogP contribution in [0.4, 0.5) is 17.5 Å². The molecule has 1 aromatic carbocycles. The van der Waals surface area contributed by atoms with E-state index < -0.39 is 5.97 Å². The van der Waals surface area contributed by atoms with Crippen molar-refractivity contribution in [1.29, 1.82) is 0 Å². The number of hydrogen-bond acceptors (Lipinski definition) is 7. The Morgan fingerprint density at radius 2 is 2.00 bits per heavy atom. The molecule has 2 aromatic heterocycles. The molecule has 10 heteroatoms. The zero-order valence-electron chi connectivity index (χ0n) is 18.7. The lowest BCUT2D eigenvalue weighted by molar-refractivity contribution is -0.133. The predicted molar refractivity (Wildman–Crippen MR) is 133 cm³/mol. The Labute approximate surface area is 201 Å². The van der Waals surface area contributed by atoms with Crippen molar-refractivity contribution in [2.75, 3.05) is 29.1 Å². The van der Waals surface area contributed by atoms with Crippen LogP contribution in [0.1, 0.15) is 20.3 Å². The molecular formula is C23H26ClN5O3S. The van der Waals surface area contributed by atoms with Crippen LogP contribution in [0, 0.1) is 11.8 Å². The summed E-state index contributed by atoms with van der Waals surface area (Å²) < 4.78 is 1.53. The highest BCUT2D eigenvalue weighted by Gasteiger charge is 2.24. The first kappa shape index (κ1) is 23.4. The number of anilines is 3. The number of aryl methyl sites for hydroxylation is 1. The average molecular weight is 488 g/mol. The van der Waals surface area contributed by atoms with Crippen molar-refractivity contribution in [2.24, 2.45) is 18.9 Å². The number of piperidine rings is 1. The number of rotatable bonds is 6. The zero-order valence-corrected chi connectivity index (χ0v) is 20.3. The molecule has 0 bridgehead atoms. The molecule has 0 saturated carbocycles. The maximum atomic E-state index is 12.5. The number of fused-ring (bicyclic) bond motifs is 1. The first-order chi connectivity index (χ1) is 15.7. The van der Waals surface area contributed by atoms with Crippen molar-refractivity contribution in [2.45, 2.75) is 25.2 Å². The van der Waals surface area contributed by atoms with Gasteiger partial charge in [-0.2, -0.15) is 4.98 Å². The Bertz CT molecular complexity index is 1250. The van der Waals surface area contributed by atoms with E-state index in [0.717, 1.165) is 41.4 Å². The molecule has 2 N–H and O–H groups in total. The molecule has 2 unspecified atom stereocenters. The fourth-order valence-electron chi connectivity index (χ4n) is 4.33. The molecule has 1 aliphatic rings. The highest BCUT2D eigenvalue weighted by Crippen LogP contribution is 2.30. The van der Waals surface area contributed by atoms with E-state index >= 15 is 0 Å². The Balaban J connectivity index is 1.64. The molecule has 2 atom stereocenters. The number of carboxylic acid groups (broad SMARTS) is 1. The van der Waals surface area contributed by atoms with Crippen LogP contribution in [0.3, 0.4) is 0 Å². The smallest absolute Gasteiger partial charge is 0.313 e. The summed E-state index contributed by atoms with van der Waals surface area (Å²) in [5, 5.41) is 13.4. The second-order valence-electron chi connectivity index (χ2n) is 8.67. The van der Waals surface area contributed by atoms with Crippen LogP contribution in [0.15, 0.2) is 40.2 Å². The second kappa shape index (κ2) is 9.61. The average Bonchev–Trinajstić information content (AvgIpc) is 2.76. The Kier molecular flexibility index (Phi) is 6.81. The fourth-order valence-corrected chi connectivity index (χ4v) is 5.22. The minimum atomic E-state index is -0.968. The van der Waals surface area contributed by atoms with Crippen LogP contribution in [0.25, 0.3) is 10.9 Å². The highest BCUT2D eigenvalue weighted by molar-refractivity contribution is 8.00. The van der Waals surface area contributed by atoms with Crippen LogP contribution >= 0.6 is 23.4 Å². The van der Waals surface area contributed by atoms with Gasteiger partial charge in [0.2, 0.25) is 5.95 Å². The SMILES string of the molecule is CC1CC(C)CN(c2ncc(Cl)c(Nc3ccc4c(c3)cc(SCC(=O)O)c(=O)n4C)n2)C1. The van der Waals surface area contributed by atoms with Gasteiger partial charge in [0.25, 0.3) is 5.56 Å². The minimum absolute atomic E-state index is 0.175. The van der Waals surface area contributed by atoms with Gasteiger partial charge in [-0.3, -0.25) is 9.59 Å². The third kappa shape index (κ3) is 5.25. The maximum absolute atomic E-state index is 12.5. The lowest BCUT2D eigenvalue weighted by atomic mass is 9.92. The van der Waals surface area contributed by atoms with Gasteiger partial charge < -0.3 is 19.9 Å². The summed E-state index contributed by atoms with van der Waals surface area (Å²) in [4.78, 5) is 35.2. The van der Waals surface area contributed by atoms with Crippen LogP contribution < -0.4 is 15.8 Å². The van der Waals surface area contributed by atoms with Crippen LogP contribution in [-0.4, -0.2) is 44.5 Å². The van der Waals surface area contributed by atoms with Gasteiger partial charge in [-0.05, 0) is 42.5 Å². The van der Waals surface area contributed by atoms with Crippen molar-refractivity contribution in [3.05, 3.63) is 45.8 Å². The monoisotopic (exact) mass is 487 g/mol. The van der Waals surface area contributed by atoms with Crippen LogP contribution in [0.2, 0.25) is 5.02 Å². The minimum Gasteiger partial charge on any atom is -0.481 e. The van der Waals surface area contributed by atoms with Gasteiger partial charge >= 0.3 is 5.97 Å². The van der Waals surface area contributed by atoms with Gasteiger partial charge in [-0.25, -0.2) is 4.98 Å². The van der Waals surface area contributed by atoms with E-state index in [1.807, 2.05) is 18.2 Å². The Hall–Kier alpha value is -2.78. The van der Waals surface area contributed by atoms with Gasteiger partial charge in [-0.15, -0.1) is 11.8 Å². The van der Waals surface area contributed by atoms with E-state index in [9.17, 15) is 9.59 Å². The van der Waals surface area contributed by atoms with E-state index in [4.69, 9.17) is 16.7 Å². The predicted octanol–water partition coefficient (Wildman–Crippen LogP) is 4.38. The summed E-state index contributed by atoms with van der Waals surface area (Å²) in [6.45, 7) is 6.30. The number of halogens is 1. The largest absolute Gasteiger partial charge is 0.481 e. The van der Waals surface area contributed by atoms with Gasteiger partial charge in [0.05, 0.1) is 22.4 Å². The summed E-state index contributed by atoms with van der Waals surface area (Å²) in [5.74, 6) is 1.16. The molecule has 3 aromatic rings. The molecule has 3 heterocycles. The van der Waals surface area contributed by atoms with Crippen LogP contribution in [0.5, 0.6) is 0 Å². The number of aromatic nitrogens is 3. The Morgan fingerprint density at radius 3 is 2.70 bits per heavy atom. The number of thioether (sulfide) groups is 1. The summed E-state index contributed by atoms with van der Waals surface area (Å²) in [6.07, 6.45) is 2.81. The maximum Gasteiger partial charge on any atom is 0.313 e. The van der Waals surface area contributed by atoms with Gasteiger partial charge in [0.15, 0.2) is 5.82 Å². The molecule has 8 nitrogen and oxygen atoms in total. The molecule has 4 rings (SSSR count). The van der Waals surface area contributed by atoms with E-state index in [-0.39, 0.29) is 11.3 Å². The first-order valence-corrected chi connectivity index (χ1v) is 12.1. The zero-order chi connectivity index (χ0) is 23.7. The summed E-state index contributed by atoms with van der Waals surface area (Å²) >= 11 is 7.41. The molecule has 33 heavy (non-hydrogen) atoms. The third-order valence-corrected chi connectivity index (χ3v) is 6.96. The number of pyridine rings is 1. The van der Waals surface area contributed by atoms with E-state index in [0.29, 0.717) is 33.5 Å². The summed E-state index contributed by atoms with van der Waals surface area (Å²) in [5.41, 5.74) is 1.28. The number of nitrogens with zero attached hydrogens (tertiary/aromatic N) is 4. The molecule has 174 valence electrons. The Morgan fingerprint density at radius 1 is 1.27 bits per heavy atom. The van der Waals surface area contributed by atoms with Crippen molar-refractivity contribution in [3.8, 4) is 0 Å². The number of carboxylic acids is 1.